The lowest BCUT2D eigenvalue weighted by molar-refractivity contribution is -0.137. The van der Waals surface area contributed by atoms with Crippen LogP contribution in [0.1, 0.15) is 35.3 Å². The second-order valence-electron chi connectivity index (χ2n) is 10.5. The van der Waals surface area contributed by atoms with Crippen LogP contribution in [-0.4, -0.2) is 70.7 Å². The molecule has 1 aromatic heterocycles. The highest BCUT2D eigenvalue weighted by atomic mass is 19.4. The van der Waals surface area contributed by atoms with Crippen molar-refractivity contribution in [3.05, 3.63) is 83.7 Å². The molecule has 1 aliphatic heterocycles. The summed E-state index contributed by atoms with van der Waals surface area (Å²) in [5, 5.41) is 15.1. The number of hydrogen-bond donors (Lipinski definition) is 3. The normalized spacial score (nSPS) is 18.0. The molecule has 0 radical (unpaired) electrons. The molecule has 2 heterocycles. The minimum absolute atomic E-state index is 0.148. The van der Waals surface area contributed by atoms with E-state index in [0.29, 0.717) is 19.6 Å². The Morgan fingerprint density at radius 2 is 1.83 bits per heavy atom. The number of benzene rings is 2. The van der Waals surface area contributed by atoms with Crippen molar-refractivity contribution >= 4 is 23.3 Å². The van der Waals surface area contributed by atoms with Gasteiger partial charge in [0.1, 0.15) is 6.10 Å². The summed E-state index contributed by atoms with van der Waals surface area (Å²) in [5.74, 6) is -0.326. The molecule has 1 aliphatic rings. The summed E-state index contributed by atoms with van der Waals surface area (Å²) in [6.07, 6.45) is -1.45. The monoisotopic (exact) mass is 585 g/mol. The second kappa shape index (κ2) is 13.2. The zero-order chi connectivity index (χ0) is 30.4. The van der Waals surface area contributed by atoms with Gasteiger partial charge in [-0.15, -0.1) is 0 Å². The molecule has 0 saturated carbocycles. The van der Waals surface area contributed by atoms with Crippen LogP contribution in [0.2, 0.25) is 0 Å². The molecule has 3 amide bonds. The molecule has 3 aromatic rings. The zero-order valence-electron chi connectivity index (χ0n) is 23.6. The van der Waals surface area contributed by atoms with Crippen LogP contribution in [0.15, 0.2) is 67.0 Å². The Morgan fingerprint density at radius 3 is 2.48 bits per heavy atom. The average molecular weight is 586 g/mol. The first-order valence-corrected chi connectivity index (χ1v) is 13.5. The maximum Gasteiger partial charge on any atom is 0.416 e. The number of nitrogens with zero attached hydrogens (tertiary/aromatic N) is 3. The Kier molecular flexibility index (Phi) is 9.69. The van der Waals surface area contributed by atoms with E-state index in [0.717, 1.165) is 29.8 Å². The number of amides is 3. The van der Waals surface area contributed by atoms with Crippen LogP contribution >= 0.6 is 0 Å². The fourth-order valence-corrected chi connectivity index (χ4v) is 4.76. The lowest BCUT2D eigenvalue weighted by atomic mass is 9.99. The lowest BCUT2D eigenvalue weighted by Crippen LogP contribution is -2.49. The quantitative estimate of drug-likeness (QED) is 0.340. The maximum atomic E-state index is 13.6. The molecule has 224 valence electrons. The van der Waals surface area contributed by atoms with Crippen molar-refractivity contribution in [2.75, 3.05) is 37.4 Å². The van der Waals surface area contributed by atoms with Crippen LogP contribution in [-0.2, 0) is 12.7 Å². The number of pyridine rings is 1. The third-order valence-electron chi connectivity index (χ3n) is 7.10. The van der Waals surface area contributed by atoms with Gasteiger partial charge in [-0.05, 0) is 68.1 Å². The molecule has 0 saturated heterocycles. The van der Waals surface area contributed by atoms with Crippen LogP contribution in [0.3, 0.4) is 0 Å². The van der Waals surface area contributed by atoms with Gasteiger partial charge in [0.2, 0.25) is 0 Å². The number of urea groups is 1. The molecule has 0 fully saturated rings. The Bertz CT molecular complexity index is 1370. The molecular weight excluding hydrogens is 551 g/mol. The number of likely N-dealkylation sites (N-methyl/N-ethyl adjacent to an activating group) is 1. The molecule has 0 spiro atoms. The van der Waals surface area contributed by atoms with Crippen LogP contribution in [0, 0.1) is 5.92 Å². The molecule has 0 unspecified atom stereocenters. The summed E-state index contributed by atoms with van der Waals surface area (Å²) < 4.78 is 45.2. The van der Waals surface area contributed by atoms with E-state index in [4.69, 9.17) is 4.74 Å². The maximum absolute atomic E-state index is 13.6. The van der Waals surface area contributed by atoms with E-state index < -0.39 is 29.9 Å². The number of nitrogens with one attached hydrogen (secondary N) is 2. The molecule has 9 nitrogen and oxygen atoms in total. The van der Waals surface area contributed by atoms with Crippen LogP contribution in [0.4, 0.5) is 29.3 Å². The number of aromatic nitrogens is 1. The zero-order valence-corrected chi connectivity index (χ0v) is 23.6. The van der Waals surface area contributed by atoms with E-state index in [1.54, 1.807) is 42.4 Å². The van der Waals surface area contributed by atoms with E-state index in [9.17, 15) is 27.9 Å². The molecule has 42 heavy (non-hydrogen) atoms. The van der Waals surface area contributed by atoms with Crippen LogP contribution in [0.5, 0.6) is 5.75 Å². The number of halogens is 3. The third kappa shape index (κ3) is 7.56. The van der Waals surface area contributed by atoms with Gasteiger partial charge in [-0.1, -0.05) is 13.0 Å². The number of hydrogen-bond acceptors (Lipinski definition) is 6. The van der Waals surface area contributed by atoms with Crippen molar-refractivity contribution in [3.63, 3.8) is 0 Å². The number of carbonyl (C=O) groups excluding carboxylic acids is 2. The van der Waals surface area contributed by atoms with E-state index in [1.807, 2.05) is 26.1 Å². The Hall–Kier alpha value is -4.16. The van der Waals surface area contributed by atoms with Gasteiger partial charge >= 0.3 is 12.2 Å². The number of aliphatic hydroxyl groups is 1. The molecule has 3 N–H and O–H groups in total. The van der Waals surface area contributed by atoms with E-state index >= 15 is 0 Å². The minimum atomic E-state index is -4.49. The van der Waals surface area contributed by atoms with Gasteiger partial charge in [0, 0.05) is 43.6 Å². The van der Waals surface area contributed by atoms with Crippen molar-refractivity contribution in [1.29, 1.82) is 0 Å². The lowest BCUT2D eigenvalue weighted by Gasteiger charge is -2.38. The Balaban J connectivity index is 1.60. The van der Waals surface area contributed by atoms with Gasteiger partial charge in [-0.3, -0.25) is 14.7 Å². The summed E-state index contributed by atoms with van der Waals surface area (Å²) in [5.41, 5.74) is 0.831. The number of para-hydroxylation sites is 1. The fraction of sp³-hybridized carbons (Fsp3) is 0.367. The number of alkyl halides is 3. The largest absolute Gasteiger partial charge is 0.486 e. The summed E-state index contributed by atoms with van der Waals surface area (Å²) in [6, 6.07) is 11.5. The van der Waals surface area contributed by atoms with Gasteiger partial charge in [0.05, 0.1) is 29.5 Å². The summed E-state index contributed by atoms with van der Waals surface area (Å²) >= 11 is 0. The van der Waals surface area contributed by atoms with E-state index in [1.165, 1.54) is 0 Å². The predicted molar refractivity (Wildman–Crippen MR) is 152 cm³/mol. The number of anilines is 2. The smallest absolute Gasteiger partial charge is 0.416 e. The first-order chi connectivity index (χ1) is 20.0. The van der Waals surface area contributed by atoms with Gasteiger partial charge in [-0.25, -0.2) is 4.79 Å². The topological polar surface area (TPSA) is 107 Å². The van der Waals surface area contributed by atoms with Gasteiger partial charge in [0.15, 0.2) is 5.75 Å². The average Bonchev–Trinajstić information content (AvgIpc) is 2.95. The van der Waals surface area contributed by atoms with Crippen molar-refractivity contribution in [1.82, 2.24) is 14.8 Å². The van der Waals surface area contributed by atoms with Crippen molar-refractivity contribution < 1.29 is 32.6 Å². The van der Waals surface area contributed by atoms with E-state index in [2.05, 4.69) is 20.5 Å². The Labute approximate surface area is 242 Å². The Morgan fingerprint density at radius 1 is 1.14 bits per heavy atom. The highest BCUT2D eigenvalue weighted by Crippen LogP contribution is 2.35. The highest BCUT2D eigenvalue weighted by Gasteiger charge is 2.35. The number of fused-ring (bicyclic) bond motifs is 1. The second-order valence-corrected chi connectivity index (χ2v) is 10.5. The number of rotatable bonds is 8. The predicted octanol–water partition coefficient (Wildman–Crippen LogP) is 5.10. The first-order valence-electron chi connectivity index (χ1n) is 13.5. The SMILES string of the molecule is C[C@@H]1CN([C@H](C)CO)C(=O)c2cccc(NC(=O)Nc3ccc(C(F)(F)F)cc3)c2O[C@@H]1CN(C)Cc1ccncc1. The summed E-state index contributed by atoms with van der Waals surface area (Å²) in [4.78, 5) is 34.3. The molecular formula is C30H34F3N5O4. The van der Waals surface area contributed by atoms with Crippen LogP contribution in [0.25, 0.3) is 0 Å². The number of ether oxygens (including phenoxy) is 1. The van der Waals surface area contributed by atoms with Gasteiger partial charge in [-0.2, -0.15) is 13.2 Å². The van der Waals surface area contributed by atoms with E-state index in [-0.39, 0.29) is 41.1 Å². The van der Waals surface area contributed by atoms with Crippen LogP contribution < -0.4 is 15.4 Å². The summed E-state index contributed by atoms with van der Waals surface area (Å²) in [7, 11) is 1.96. The molecule has 3 atom stereocenters. The number of aliphatic hydroxyl groups excluding tert-OH is 1. The minimum Gasteiger partial charge on any atom is -0.486 e. The standard InChI is InChI=1S/C30H34F3N5O4/c1-19-15-38(20(2)18-39)28(40)24-5-4-6-25(36-29(41)35-23-9-7-22(8-10-23)30(31,32)33)27(24)42-26(19)17-37(3)16-21-11-13-34-14-12-21/h4-14,19-20,26,39H,15-18H2,1-3H3,(H2,35,36,41)/t19-,20-,26-/m1/s1. The van der Waals surface area contributed by atoms with Crippen molar-refractivity contribution in [3.8, 4) is 5.75 Å². The highest BCUT2D eigenvalue weighted by molar-refractivity contribution is 6.04. The molecule has 4 rings (SSSR count). The molecule has 2 aromatic carbocycles. The fourth-order valence-electron chi connectivity index (χ4n) is 4.76. The molecule has 12 heteroatoms. The third-order valence-corrected chi connectivity index (χ3v) is 7.10. The van der Waals surface area contributed by atoms with Gasteiger partial charge < -0.3 is 25.4 Å². The number of carbonyl (C=O) groups is 2. The van der Waals surface area contributed by atoms with Crippen molar-refractivity contribution in [2.24, 2.45) is 5.92 Å². The van der Waals surface area contributed by atoms with Gasteiger partial charge in [0.25, 0.3) is 5.91 Å². The summed E-state index contributed by atoms with van der Waals surface area (Å²) in [6.45, 7) is 4.97. The van der Waals surface area contributed by atoms with Crippen molar-refractivity contribution in [2.45, 2.75) is 38.7 Å². The molecule has 0 bridgehead atoms. The molecule has 0 aliphatic carbocycles. The first kappa shape index (κ1) is 30.8.